The Morgan fingerprint density at radius 2 is 1.89 bits per heavy atom. The zero-order valence-corrected chi connectivity index (χ0v) is 11.3. The number of nitrogens with one attached hydrogen (secondary N) is 1. The second kappa shape index (κ2) is 6.42. The summed E-state index contributed by atoms with van der Waals surface area (Å²) >= 11 is 0. The topological polar surface area (TPSA) is 69.6 Å². The zero-order valence-electron chi connectivity index (χ0n) is 11.3. The van der Waals surface area contributed by atoms with Crippen LogP contribution in [0.1, 0.15) is 33.6 Å². The van der Waals surface area contributed by atoms with Crippen LogP contribution in [0.25, 0.3) is 0 Å². The highest BCUT2D eigenvalue weighted by Gasteiger charge is 2.26. The largest absolute Gasteiger partial charge is 0.481 e. The van der Waals surface area contributed by atoms with Gasteiger partial charge in [-0.15, -0.1) is 0 Å². The van der Waals surface area contributed by atoms with Crippen molar-refractivity contribution in [3.05, 3.63) is 11.8 Å². The van der Waals surface area contributed by atoms with E-state index in [-0.39, 0.29) is 11.9 Å². The summed E-state index contributed by atoms with van der Waals surface area (Å²) in [7, 11) is 0. The Morgan fingerprint density at radius 1 is 1.33 bits per heavy atom. The molecule has 1 fully saturated rings. The average molecular weight is 254 g/mol. The zero-order chi connectivity index (χ0) is 13.7. The van der Waals surface area contributed by atoms with Gasteiger partial charge in [0.15, 0.2) is 0 Å². The Bertz CT molecular complexity index is 342. The summed E-state index contributed by atoms with van der Waals surface area (Å²) in [5.74, 6) is -0.657. The highest BCUT2D eigenvalue weighted by Crippen LogP contribution is 2.17. The van der Waals surface area contributed by atoms with E-state index in [4.69, 9.17) is 5.11 Å². The molecule has 18 heavy (non-hydrogen) atoms. The first-order chi connectivity index (χ1) is 8.41. The van der Waals surface area contributed by atoms with Crippen LogP contribution < -0.4 is 5.32 Å². The average Bonchev–Trinajstić information content (AvgIpc) is 2.35. The van der Waals surface area contributed by atoms with Gasteiger partial charge in [-0.1, -0.05) is 19.4 Å². The molecule has 0 bridgehead atoms. The van der Waals surface area contributed by atoms with E-state index in [0.29, 0.717) is 31.8 Å². The number of piperidine rings is 1. The smallest absolute Gasteiger partial charge is 0.321 e. The molecule has 2 N–H and O–H groups in total. The predicted octanol–water partition coefficient (Wildman–Crippen LogP) is 2.05. The molecule has 0 unspecified atom stereocenters. The van der Waals surface area contributed by atoms with E-state index >= 15 is 0 Å². The van der Waals surface area contributed by atoms with Crippen LogP contribution in [0.5, 0.6) is 0 Å². The van der Waals surface area contributed by atoms with Gasteiger partial charge >= 0.3 is 12.0 Å². The summed E-state index contributed by atoms with van der Waals surface area (Å²) in [5.41, 5.74) is 1.11. The van der Waals surface area contributed by atoms with Gasteiger partial charge in [-0.05, 0) is 25.7 Å². The molecule has 0 atom stereocenters. The molecule has 0 saturated carbocycles. The molecule has 1 rings (SSSR count). The number of nitrogens with zero attached hydrogens (tertiary/aromatic N) is 1. The molecule has 1 aliphatic heterocycles. The van der Waals surface area contributed by atoms with Crippen LogP contribution in [0, 0.1) is 11.8 Å². The Labute approximate surface area is 108 Å². The van der Waals surface area contributed by atoms with Gasteiger partial charge in [0.25, 0.3) is 0 Å². The highest BCUT2D eigenvalue weighted by atomic mass is 16.4. The van der Waals surface area contributed by atoms with Crippen LogP contribution in [-0.2, 0) is 4.79 Å². The summed E-state index contributed by atoms with van der Waals surface area (Å²) in [5, 5.41) is 11.6. The standard InChI is InChI=1S/C13H22N2O3/c1-9(2)10(3)8-14-13(18)15-6-4-11(5-7-15)12(16)17/h8-9,11H,4-7H2,1-3H3,(H,14,18)(H,16,17)/b10-8+. The Morgan fingerprint density at radius 3 is 2.33 bits per heavy atom. The van der Waals surface area contributed by atoms with Crippen LogP contribution in [-0.4, -0.2) is 35.1 Å². The van der Waals surface area contributed by atoms with E-state index in [1.807, 2.05) is 6.92 Å². The van der Waals surface area contributed by atoms with Gasteiger partial charge in [0.05, 0.1) is 5.92 Å². The van der Waals surface area contributed by atoms with E-state index < -0.39 is 5.97 Å². The number of urea groups is 1. The van der Waals surface area contributed by atoms with Crippen molar-refractivity contribution in [2.24, 2.45) is 11.8 Å². The van der Waals surface area contributed by atoms with Gasteiger partial charge in [-0.3, -0.25) is 4.79 Å². The summed E-state index contributed by atoms with van der Waals surface area (Å²) in [4.78, 5) is 24.3. The number of likely N-dealkylation sites (tertiary alicyclic amines) is 1. The quantitative estimate of drug-likeness (QED) is 0.809. The van der Waals surface area contributed by atoms with Crippen molar-refractivity contribution in [1.82, 2.24) is 10.2 Å². The lowest BCUT2D eigenvalue weighted by Gasteiger charge is -2.29. The second-order valence-electron chi connectivity index (χ2n) is 5.09. The number of carbonyl (C=O) groups excluding carboxylic acids is 1. The molecule has 0 aromatic heterocycles. The molecule has 1 aliphatic rings. The molecule has 5 heteroatoms. The van der Waals surface area contributed by atoms with Crippen molar-refractivity contribution < 1.29 is 14.7 Å². The summed E-state index contributed by atoms with van der Waals surface area (Å²) in [6.07, 6.45) is 2.81. The fourth-order valence-electron chi connectivity index (χ4n) is 1.76. The molecular formula is C13H22N2O3. The minimum atomic E-state index is -0.759. The first kappa shape index (κ1) is 14.5. The second-order valence-corrected chi connectivity index (χ2v) is 5.09. The number of hydrogen-bond acceptors (Lipinski definition) is 2. The summed E-state index contributed by atoms with van der Waals surface area (Å²) < 4.78 is 0. The fourth-order valence-corrected chi connectivity index (χ4v) is 1.76. The van der Waals surface area contributed by atoms with Gasteiger partial charge in [-0.25, -0.2) is 4.79 Å². The van der Waals surface area contributed by atoms with Crippen molar-refractivity contribution >= 4 is 12.0 Å². The molecular weight excluding hydrogens is 232 g/mol. The SMILES string of the molecule is C/C(=C\NC(=O)N1CCC(C(=O)O)CC1)C(C)C. The summed E-state index contributed by atoms with van der Waals surface area (Å²) in [6, 6.07) is -0.140. The van der Waals surface area contributed by atoms with Gasteiger partial charge in [0, 0.05) is 19.3 Å². The maximum atomic E-state index is 11.8. The maximum Gasteiger partial charge on any atom is 0.321 e. The van der Waals surface area contributed by atoms with Crippen molar-refractivity contribution in [3.63, 3.8) is 0 Å². The third-order valence-electron chi connectivity index (χ3n) is 3.47. The number of aliphatic carboxylic acids is 1. The lowest BCUT2D eigenvalue weighted by molar-refractivity contribution is -0.143. The Kier molecular flexibility index (Phi) is 5.19. The van der Waals surface area contributed by atoms with Gasteiger partial charge in [0.2, 0.25) is 0 Å². The number of rotatable bonds is 3. The number of carbonyl (C=O) groups is 2. The third-order valence-corrected chi connectivity index (χ3v) is 3.47. The normalized spacial score (nSPS) is 18.0. The van der Waals surface area contributed by atoms with Crippen molar-refractivity contribution in [3.8, 4) is 0 Å². The monoisotopic (exact) mass is 254 g/mol. The highest BCUT2D eigenvalue weighted by molar-refractivity contribution is 5.76. The van der Waals surface area contributed by atoms with E-state index in [0.717, 1.165) is 5.57 Å². The van der Waals surface area contributed by atoms with E-state index in [9.17, 15) is 9.59 Å². The van der Waals surface area contributed by atoms with Gasteiger partial charge in [-0.2, -0.15) is 0 Å². The maximum absolute atomic E-state index is 11.8. The molecule has 0 aromatic carbocycles. The van der Waals surface area contributed by atoms with Gasteiger partial charge < -0.3 is 15.3 Å². The molecule has 0 radical (unpaired) electrons. The lowest BCUT2D eigenvalue weighted by Crippen LogP contribution is -2.44. The van der Waals surface area contributed by atoms with Crippen molar-refractivity contribution in [2.45, 2.75) is 33.6 Å². The van der Waals surface area contributed by atoms with Crippen molar-refractivity contribution in [1.29, 1.82) is 0 Å². The molecule has 0 aliphatic carbocycles. The molecule has 1 heterocycles. The van der Waals surface area contributed by atoms with Crippen LogP contribution in [0.15, 0.2) is 11.8 Å². The van der Waals surface area contributed by atoms with E-state index in [2.05, 4.69) is 19.2 Å². The Hall–Kier alpha value is -1.52. The fraction of sp³-hybridized carbons (Fsp3) is 0.692. The molecule has 2 amide bonds. The molecule has 5 nitrogen and oxygen atoms in total. The first-order valence-electron chi connectivity index (χ1n) is 6.36. The summed E-state index contributed by atoms with van der Waals surface area (Å²) in [6.45, 7) is 7.13. The van der Waals surface area contributed by atoms with Crippen LogP contribution in [0.4, 0.5) is 4.79 Å². The number of carboxylic acids is 1. The lowest BCUT2D eigenvalue weighted by atomic mass is 9.97. The molecule has 0 spiro atoms. The number of amides is 2. The molecule has 0 aromatic rings. The number of hydrogen-bond donors (Lipinski definition) is 2. The van der Waals surface area contributed by atoms with Gasteiger partial charge in [0.1, 0.15) is 0 Å². The van der Waals surface area contributed by atoms with E-state index in [1.165, 1.54) is 0 Å². The third kappa shape index (κ3) is 4.05. The van der Waals surface area contributed by atoms with Crippen LogP contribution in [0.2, 0.25) is 0 Å². The van der Waals surface area contributed by atoms with Crippen molar-refractivity contribution in [2.75, 3.05) is 13.1 Å². The molecule has 102 valence electrons. The minimum absolute atomic E-state index is 0.140. The molecule has 1 saturated heterocycles. The van der Waals surface area contributed by atoms with Crippen LogP contribution in [0.3, 0.4) is 0 Å². The number of carboxylic acid groups (broad SMARTS) is 1. The minimum Gasteiger partial charge on any atom is -0.481 e. The van der Waals surface area contributed by atoms with E-state index in [1.54, 1.807) is 11.1 Å². The Balaban J connectivity index is 2.41. The number of allylic oxidation sites excluding steroid dienone is 1. The first-order valence-corrected chi connectivity index (χ1v) is 6.36. The van der Waals surface area contributed by atoms with Crippen LogP contribution >= 0.6 is 0 Å². The predicted molar refractivity (Wildman–Crippen MR) is 69.1 cm³/mol.